The van der Waals surface area contributed by atoms with Crippen molar-refractivity contribution >= 4 is 12.2 Å². The number of nitrogens with one attached hydrogen (secondary N) is 1. The molecule has 2 aromatic heterocycles. The zero-order valence-electron chi connectivity index (χ0n) is 10.5. The number of rotatable bonds is 2. The molecular formula is C12H15N5OS. The summed E-state index contributed by atoms with van der Waals surface area (Å²) in [6, 6.07) is 0.358. The van der Waals surface area contributed by atoms with Gasteiger partial charge in [0.05, 0.1) is 6.20 Å². The van der Waals surface area contributed by atoms with Crippen LogP contribution in [-0.4, -0.2) is 19.7 Å². The number of hydrogen-bond donors (Lipinski definition) is 1. The van der Waals surface area contributed by atoms with Crippen LogP contribution < -0.4 is 4.73 Å². The average Bonchev–Trinajstić information content (AvgIpc) is 2.82. The number of aromatic amines is 1. The van der Waals surface area contributed by atoms with E-state index in [1.807, 2.05) is 4.57 Å². The fourth-order valence-electron chi connectivity index (χ4n) is 2.66. The van der Waals surface area contributed by atoms with Crippen molar-refractivity contribution in [2.75, 3.05) is 0 Å². The van der Waals surface area contributed by atoms with Gasteiger partial charge in [-0.1, -0.05) is 19.3 Å². The Bertz CT molecular complexity index is 629. The summed E-state index contributed by atoms with van der Waals surface area (Å²) in [4.78, 5) is 4.21. The minimum atomic E-state index is 0.358. The highest BCUT2D eigenvalue weighted by Crippen LogP contribution is 2.31. The Morgan fingerprint density at radius 1 is 1.37 bits per heavy atom. The van der Waals surface area contributed by atoms with Gasteiger partial charge in [0.15, 0.2) is 22.5 Å². The van der Waals surface area contributed by atoms with Crippen molar-refractivity contribution in [3.05, 3.63) is 28.6 Å². The lowest BCUT2D eigenvalue weighted by molar-refractivity contribution is -0.605. The second kappa shape index (κ2) is 5.08. The molecule has 1 saturated carbocycles. The molecule has 0 atom stereocenters. The van der Waals surface area contributed by atoms with E-state index >= 15 is 0 Å². The lowest BCUT2D eigenvalue weighted by atomic mass is 9.95. The summed E-state index contributed by atoms with van der Waals surface area (Å²) in [7, 11) is 0. The van der Waals surface area contributed by atoms with E-state index in [1.54, 1.807) is 0 Å². The van der Waals surface area contributed by atoms with Gasteiger partial charge < -0.3 is 5.21 Å². The minimum Gasteiger partial charge on any atom is -0.619 e. The molecule has 0 aromatic carbocycles. The van der Waals surface area contributed by atoms with E-state index in [-0.39, 0.29) is 0 Å². The molecule has 7 heteroatoms. The summed E-state index contributed by atoms with van der Waals surface area (Å²) in [5.74, 6) is 0.655. The number of nitrogens with zero attached hydrogens (tertiary/aromatic N) is 4. The molecule has 0 radical (unpaired) electrons. The normalized spacial score (nSPS) is 16.6. The molecule has 0 bridgehead atoms. The van der Waals surface area contributed by atoms with Gasteiger partial charge in [-0.3, -0.25) is 9.67 Å². The smallest absolute Gasteiger partial charge is 0.210 e. The van der Waals surface area contributed by atoms with Crippen molar-refractivity contribution in [3.63, 3.8) is 0 Å². The molecule has 0 unspecified atom stereocenters. The Kier molecular flexibility index (Phi) is 3.29. The van der Waals surface area contributed by atoms with Crippen LogP contribution in [0.3, 0.4) is 0 Å². The van der Waals surface area contributed by atoms with Gasteiger partial charge in [0.1, 0.15) is 0 Å². The molecule has 1 aliphatic carbocycles. The van der Waals surface area contributed by atoms with E-state index in [0.29, 0.717) is 22.3 Å². The van der Waals surface area contributed by atoms with Gasteiger partial charge >= 0.3 is 0 Å². The maximum absolute atomic E-state index is 11.4. The summed E-state index contributed by atoms with van der Waals surface area (Å²) < 4.78 is 3.34. The van der Waals surface area contributed by atoms with Gasteiger partial charge in [0.2, 0.25) is 6.20 Å². The third-order valence-electron chi connectivity index (χ3n) is 3.55. The van der Waals surface area contributed by atoms with E-state index in [4.69, 9.17) is 12.2 Å². The molecule has 1 fully saturated rings. The van der Waals surface area contributed by atoms with Crippen molar-refractivity contribution in [3.8, 4) is 11.5 Å². The number of aromatic nitrogens is 5. The third-order valence-corrected chi connectivity index (χ3v) is 3.84. The van der Waals surface area contributed by atoms with Gasteiger partial charge in [-0.15, -0.1) is 0 Å². The molecule has 100 valence electrons. The van der Waals surface area contributed by atoms with Crippen LogP contribution in [0, 0.1) is 9.98 Å². The van der Waals surface area contributed by atoms with Crippen LogP contribution in [0.1, 0.15) is 38.1 Å². The Labute approximate surface area is 115 Å². The molecule has 0 amide bonds. The number of H-pyrrole nitrogens is 1. The first-order valence-corrected chi connectivity index (χ1v) is 6.88. The quantitative estimate of drug-likeness (QED) is 0.518. The van der Waals surface area contributed by atoms with Crippen LogP contribution in [0.25, 0.3) is 11.5 Å². The average molecular weight is 277 g/mol. The predicted molar refractivity (Wildman–Crippen MR) is 71.7 cm³/mol. The van der Waals surface area contributed by atoms with E-state index in [1.165, 1.54) is 37.9 Å². The summed E-state index contributed by atoms with van der Waals surface area (Å²) in [5, 5.41) is 18.4. The molecule has 2 aromatic rings. The molecular weight excluding hydrogens is 262 g/mol. The fraction of sp³-hybridized carbons (Fsp3) is 0.500. The first-order valence-electron chi connectivity index (χ1n) is 6.48. The van der Waals surface area contributed by atoms with E-state index in [2.05, 4.69) is 15.2 Å². The van der Waals surface area contributed by atoms with Crippen LogP contribution in [0.4, 0.5) is 0 Å². The maximum atomic E-state index is 11.4. The molecule has 1 aliphatic rings. The largest absolute Gasteiger partial charge is 0.619 e. The first-order chi connectivity index (χ1) is 9.25. The molecule has 0 saturated heterocycles. The Morgan fingerprint density at radius 2 is 2.16 bits per heavy atom. The van der Waals surface area contributed by atoms with Gasteiger partial charge in [0, 0.05) is 6.04 Å². The molecule has 2 heterocycles. The van der Waals surface area contributed by atoms with Crippen LogP contribution in [-0.2, 0) is 0 Å². The summed E-state index contributed by atoms with van der Waals surface area (Å²) in [6.07, 6.45) is 10.2. The Morgan fingerprint density at radius 3 is 2.89 bits per heavy atom. The second-order valence-corrected chi connectivity index (χ2v) is 5.20. The zero-order chi connectivity index (χ0) is 13.2. The SMILES string of the molecule is [O-][n+]1ccnc(-c2n[nH]c(=S)n2C2CCCCC2)c1. The zero-order valence-corrected chi connectivity index (χ0v) is 11.3. The van der Waals surface area contributed by atoms with E-state index in [0.717, 1.165) is 17.6 Å². The van der Waals surface area contributed by atoms with Crippen molar-refractivity contribution in [1.29, 1.82) is 0 Å². The van der Waals surface area contributed by atoms with Crippen molar-refractivity contribution in [1.82, 2.24) is 19.7 Å². The highest BCUT2D eigenvalue weighted by Gasteiger charge is 2.22. The monoisotopic (exact) mass is 277 g/mol. The standard InChI is InChI=1S/C12H15N5OS/c18-16-7-6-13-10(8-16)11-14-15-12(19)17(11)9-4-2-1-3-5-9/h6-9H,1-5H2,(H,15,19). The van der Waals surface area contributed by atoms with Crippen molar-refractivity contribution in [2.45, 2.75) is 38.1 Å². The van der Waals surface area contributed by atoms with Crippen molar-refractivity contribution < 1.29 is 4.73 Å². The molecule has 19 heavy (non-hydrogen) atoms. The molecule has 0 aliphatic heterocycles. The van der Waals surface area contributed by atoms with Gasteiger partial charge in [-0.05, 0) is 25.1 Å². The third kappa shape index (κ3) is 2.37. The van der Waals surface area contributed by atoms with Crippen LogP contribution in [0.2, 0.25) is 0 Å². The van der Waals surface area contributed by atoms with Gasteiger partial charge in [0.25, 0.3) is 0 Å². The summed E-state index contributed by atoms with van der Waals surface area (Å²) in [6.45, 7) is 0. The van der Waals surface area contributed by atoms with E-state index in [9.17, 15) is 5.21 Å². The second-order valence-electron chi connectivity index (χ2n) is 4.82. The highest BCUT2D eigenvalue weighted by molar-refractivity contribution is 7.71. The molecule has 3 rings (SSSR count). The fourth-order valence-corrected chi connectivity index (χ4v) is 2.94. The highest BCUT2D eigenvalue weighted by atomic mass is 32.1. The predicted octanol–water partition coefficient (Wildman–Crippen LogP) is 2.14. The topological polar surface area (TPSA) is 73.4 Å². The lowest BCUT2D eigenvalue weighted by Crippen LogP contribution is -2.25. The molecule has 1 N–H and O–H groups in total. The minimum absolute atomic E-state index is 0.358. The van der Waals surface area contributed by atoms with Crippen LogP contribution in [0.15, 0.2) is 18.6 Å². The molecule has 0 spiro atoms. The number of hydrogen-bond acceptors (Lipinski definition) is 4. The Balaban J connectivity index is 2.05. The van der Waals surface area contributed by atoms with Gasteiger partial charge in [-0.2, -0.15) is 9.83 Å². The summed E-state index contributed by atoms with van der Waals surface area (Å²) in [5.41, 5.74) is 0.551. The maximum Gasteiger partial charge on any atom is 0.210 e. The summed E-state index contributed by atoms with van der Waals surface area (Å²) >= 11 is 5.32. The van der Waals surface area contributed by atoms with Crippen LogP contribution >= 0.6 is 12.2 Å². The van der Waals surface area contributed by atoms with Crippen LogP contribution in [0.5, 0.6) is 0 Å². The lowest BCUT2D eigenvalue weighted by Gasteiger charge is -2.23. The molecule has 6 nitrogen and oxygen atoms in total. The van der Waals surface area contributed by atoms with Crippen molar-refractivity contribution in [2.24, 2.45) is 0 Å². The van der Waals surface area contributed by atoms with Gasteiger partial charge in [-0.25, -0.2) is 4.98 Å². The Hall–Kier alpha value is -1.76. The van der Waals surface area contributed by atoms with E-state index < -0.39 is 0 Å². The first kappa shape index (κ1) is 12.3.